The van der Waals surface area contributed by atoms with Gasteiger partial charge in [-0.25, -0.2) is 5.43 Å². The summed E-state index contributed by atoms with van der Waals surface area (Å²) in [5, 5.41) is 27.4. The molecule has 0 aliphatic carbocycles. The van der Waals surface area contributed by atoms with Crippen molar-refractivity contribution in [2.24, 2.45) is 5.10 Å². The number of anilines is 1. The average molecular weight is 330 g/mol. The van der Waals surface area contributed by atoms with Gasteiger partial charge < -0.3 is 5.11 Å². The SMILES string of the molecule is Oc1ccc(/C=N\Nc2nnnn2-c2cccc3ccccc23)cc1. The topological polar surface area (TPSA) is 88.2 Å². The van der Waals surface area contributed by atoms with E-state index in [0.29, 0.717) is 5.95 Å². The highest BCUT2D eigenvalue weighted by Gasteiger charge is 2.10. The van der Waals surface area contributed by atoms with E-state index in [1.165, 1.54) is 0 Å². The summed E-state index contributed by atoms with van der Waals surface area (Å²) in [6.07, 6.45) is 1.63. The van der Waals surface area contributed by atoms with Gasteiger partial charge in [0.1, 0.15) is 5.75 Å². The molecule has 0 bridgehead atoms. The van der Waals surface area contributed by atoms with Crippen molar-refractivity contribution in [1.29, 1.82) is 0 Å². The first kappa shape index (κ1) is 14.8. The minimum absolute atomic E-state index is 0.213. The summed E-state index contributed by atoms with van der Waals surface area (Å²) in [6.45, 7) is 0. The lowest BCUT2D eigenvalue weighted by atomic mass is 10.1. The number of nitrogens with one attached hydrogen (secondary N) is 1. The number of phenolic OH excluding ortho intramolecular Hbond substituents is 1. The van der Waals surface area contributed by atoms with E-state index >= 15 is 0 Å². The molecule has 0 aliphatic rings. The zero-order valence-corrected chi connectivity index (χ0v) is 13.1. The summed E-state index contributed by atoms with van der Waals surface area (Å²) in [5.41, 5.74) is 4.56. The van der Waals surface area contributed by atoms with Crippen LogP contribution in [-0.2, 0) is 0 Å². The molecule has 0 atom stereocenters. The van der Waals surface area contributed by atoms with Gasteiger partial charge in [-0.2, -0.15) is 9.78 Å². The van der Waals surface area contributed by atoms with Gasteiger partial charge in [0.15, 0.2) is 0 Å². The van der Waals surface area contributed by atoms with E-state index in [1.807, 2.05) is 42.5 Å². The summed E-state index contributed by atoms with van der Waals surface area (Å²) in [7, 11) is 0. The van der Waals surface area contributed by atoms with E-state index in [9.17, 15) is 5.11 Å². The molecule has 4 rings (SSSR count). The normalized spacial score (nSPS) is 11.2. The van der Waals surface area contributed by atoms with Gasteiger partial charge in [0.25, 0.3) is 5.95 Å². The number of benzene rings is 3. The Morgan fingerprint density at radius 1 is 0.960 bits per heavy atom. The first-order valence-corrected chi connectivity index (χ1v) is 7.66. The second kappa shape index (κ2) is 6.40. The molecule has 0 saturated heterocycles. The Morgan fingerprint density at radius 3 is 2.64 bits per heavy atom. The Morgan fingerprint density at radius 2 is 1.76 bits per heavy atom. The van der Waals surface area contributed by atoms with Crippen LogP contribution in [-0.4, -0.2) is 31.5 Å². The van der Waals surface area contributed by atoms with Crippen LogP contribution >= 0.6 is 0 Å². The number of tetrazole rings is 1. The van der Waals surface area contributed by atoms with Gasteiger partial charge in [0.05, 0.1) is 11.9 Å². The standard InChI is InChI=1S/C18H14N6O/c25-15-10-8-13(9-11-15)12-19-20-18-21-22-23-24(18)17-7-3-5-14-4-1-2-6-16(14)17/h1-12,25H,(H,20,21,23)/b19-12-. The molecular weight excluding hydrogens is 316 g/mol. The van der Waals surface area contributed by atoms with Crippen LogP contribution in [0.1, 0.15) is 5.56 Å². The summed E-state index contributed by atoms with van der Waals surface area (Å²) < 4.78 is 1.61. The Labute approximate surface area is 143 Å². The van der Waals surface area contributed by atoms with Gasteiger partial charge >= 0.3 is 0 Å². The van der Waals surface area contributed by atoms with Gasteiger partial charge in [0, 0.05) is 5.39 Å². The molecule has 1 aromatic heterocycles. The minimum Gasteiger partial charge on any atom is -0.508 e. The predicted octanol–water partition coefficient (Wildman–Crippen LogP) is 2.97. The largest absolute Gasteiger partial charge is 0.508 e. The Bertz CT molecular complexity index is 1030. The molecule has 0 aliphatic heterocycles. The number of rotatable bonds is 4. The Kier molecular flexibility index (Phi) is 3.80. The molecule has 0 radical (unpaired) electrons. The van der Waals surface area contributed by atoms with Crippen molar-refractivity contribution in [1.82, 2.24) is 20.2 Å². The van der Waals surface area contributed by atoms with Crippen LogP contribution in [0, 0.1) is 0 Å². The van der Waals surface area contributed by atoms with Crippen molar-refractivity contribution in [3.05, 3.63) is 72.3 Å². The van der Waals surface area contributed by atoms with Crippen molar-refractivity contribution in [2.45, 2.75) is 0 Å². The van der Waals surface area contributed by atoms with Crippen LogP contribution in [0.5, 0.6) is 5.75 Å². The molecule has 0 amide bonds. The van der Waals surface area contributed by atoms with Crippen molar-refractivity contribution < 1.29 is 5.11 Å². The minimum atomic E-state index is 0.213. The van der Waals surface area contributed by atoms with E-state index in [1.54, 1.807) is 35.2 Å². The molecule has 25 heavy (non-hydrogen) atoms. The van der Waals surface area contributed by atoms with Gasteiger partial charge in [0.2, 0.25) is 0 Å². The molecule has 1 heterocycles. The van der Waals surface area contributed by atoms with E-state index < -0.39 is 0 Å². The van der Waals surface area contributed by atoms with E-state index in [2.05, 4.69) is 26.1 Å². The molecule has 3 aromatic carbocycles. The maximum atomic E-state index is 9.29. The van der Waals surface area contributed by atoms with Crippen LogP contribution in [0.25, 0.3) is 16.5 Å². The molecule has 2 N–H and O–H groups in total. The zero-order chi connectivity index (χ0) is 17.1. The van der Waals surface area contributed by atoms with Crippen LogP contribution < -0.4 is 5.43 Å². The van der Waals surface area contributed by atoms with Crippen molar-refractivity contribution >= 4 is 22.9 Å². The summed E-state index contributed by atoms with van der Waals surface area (Å²) in [6, 6.07) is 20.7. The number of nitrogens with zero attached hydrogens (tertiary/aromatic N) is 5. The molecule has 0 spiro atoms. The number of hydrazone groups is 1. The number of aromatic nitrogens is 4. The highest BCUT2D eigenvalue weighted by atomic mass is 16.3. The van der Waals surface area contributed by atoms with Crippen molar-refractivity contribution in [3.63, 3.8) is 0 Å². The number of fused-ring (bicyclic) bond motifs is 1. The monoisotopic (exact) mass is 330 g/mol. The fraction of sp³-hybridized carbons (Fsp3) is 0. The molecule has 4 aromatic rings. The smallest absolute Gasteiger partial charge is 0.268 e. The van der Waals surface area contributed by atoms with Gasteiger partial charge in [-0.15, -0.1) is 0 Å². The Hall–Kier alpha value is -3.74. The lowest BCUT2D eigenvalue weighted by Crippen LogP contribution is -2.04. The molecule has 0 unspecified atom stereocenters. The fourth-order valence-corrected chi connectivity index (χ4v) is 2.54. The number of hydrogen-bond donors (Lipinski definition) is 2. The fourth-order valence-electron chi connectivity index (χ4n) is 2.54. The second-order valence-electron chi connectivity index (χ2n) is 5.37. The molecule has 122 valence electrons. The maximum Gasteiger partial charge on any atom is 0.268 e. The van der Waals surface area contributed by atoms with E-state index in [4.69, 9.17) is 0 Å². The molecule has 7 nitrogen and oxygen atoms in total. The summed E-state index contributed by atoms with van der Waals surface area (Å²) in [4.78, 5) is 0. The van der Waals surface area contributed by atoms with E-state index in [0.717, 1.165) is 22.0 Å². The van der Waals surface area contributed by atoms with Gasteiger partial charge in [-0.3, -0.25) is 0 Å². The average Bonchev–Trinajstić information content (AvgIpc) is 3.11. The third-order valence-electron chi connectivity index (χ3n) is 3.74. The van der Waals surface area contributed by atoms with Crippen LogP contribution in [0.4, 0.5) is 5.95 Å². The van der Waals surface area contributed by atoms with Crippen LogP contribution in [0.3, 0.4) is 0 Å². The molecule has 0 fully saturated rings. The first-order valence-electron chi connectivity index (χ1n) is 7.66. The predicted molar refractivity (Wildman–Crippen MR) is 96.0 cm³/mol. The van der Waals surface area contributed by atoms with E-state index in [-0.39, 0.29) is 5.75 Å². The molecule has 7 heteroatoms. The highest BCUT2D eigenvalue weighted by molar-refractivity contribution is 5.90. The third-order valence-corrected chi connectivity index (χ3v) is 3.74. The number of phenols is 1. The molecular formula is C18H14N6O. The van der Waals surface area contributed by atoms with Crippen LogP contribution in [0.2, 0.25) is 0 Å². The highest BCUT2D eigenvalue weighted by Crippen LogP contribution is 2.23. The van der Waals surface area contributed by atoms with Crippen LogP contribution in [0.15, 0.2) is 71.8 Å². The zero-order valence-electron chi connectivity index (χ0n) is 13.1. The maximum absolute atomic E-state index is 9.29. The summed E-state index contributed by atoms with van der Waals surface area (Å²) in [5.74, 6) is 0.622. The van der Waals surface area contributed by atoms with Crippen molar-refractivity contribution in [2.75, 3.05) is 5.43 Å². The van der Waals surface area contributed by atoms with Crippen molar-refractivity contribution in [3.8, 4) is 11.4 Å². The van der Waals surface area contributed by atoms with Gasteiger partial charge in [-0.1, -0.05) is 41.5 Å². The Balaban J connectivity index is 1.63. The first-order chi connectivity index (χ1) is 12.3. The number of aromatic hydroxyl groups is 1. The summed E-state index contributed by atoms with van der Waals surface area (Å²) >= 11 is 0. The number of hydrogen-bond acceptors (Lipinski definition) is 6. The van der Waals surface area contributed by atoms with Gasteiger partial charge in [-0.05, 0) is 51.7 Å². The quantitative estimate of drug-likeness (QED) is 0.444. The molecule has 0 saturated carbocycles. The lowest BCUT2D eigenvalue weighted by molar-refractivity contribution is 0.475. The second-order valence-corrected chi connectivity index (χ2v) is 5.37. The lowest BCUT2D eigenvalue weighted by Gasteiger charge is -2.07. The third kappa shape index (κ3) is 3.02.